The molecule has 0 unspecified atom stereocenters. The maximum absolute atomic E-state index is 14.8. The predicted octanol–water partition coefficient (Wildman–Crippen LogP) is 8.34. The molecule has 43 heavy (non-hydrogen) atoms. The van der Waals surface area contributed by atoms with Gasteiger partial charge >= 0.3 is 236 Å². The molecule has 0 amide bonds. The monoisotopic (exact) mass is 648 g/mol. The second-order valence-corrected chi connectivity index (χ2v) is 15.1. The van der Waals surface area contributed by atoms with Gasteiger partial charge in [0.1, 0.15) is 0 Å². The molecular weight excluding hydrogens is 627 g/mol. The first-order chi connectivity index (χ1) is 19.4. The first-order valence-corrected chi connectivity index (χ1v) is 14.5. The zero-order chi connectivity index (χ0) is 32.3. The van der Waals surface area contributed by atoms with Crippen LogP contribution in [0.5, 0.6) is 0 Å². The van der Waals surface area contributed by atoms with E-state index in [0.717, 1.165) is 36.4 Å². The molecule has 2 nitrogen and oxygen atoms in total. The average molecular weight is 648 g/mol. The molecule has 2 heterocycles. The van der Waals surface area contributed by atoms with Crippen molar-refractivity contribution in [2.45, 2.75) is 62.1 Å². The quantitative estimate of drug-likeness (QED) is 0.195. The molecule has 234 valence electrons. The number of rotatable bonds is 1. The molecule has 3 aromatic carbocycles. The second kappa shape index (κ2) is 8.66. The Labute approximate surface area is 236 Å². The minimum absolute atomic E-state index is 0.328. The van der Waals surface area contributed by atoms with E-state index in [-0.39, 0.29) is 0 Å². The van der Waals surface area contributed by atoms with E-state index < -0.39 is 75.4 Å². The molecule has 0 aliphatic carbocycles. The summed E-state index contributed by atoms with van der Waals surface area (Å²) in [6.07, 6.45) is -25.7. The predicted molar refractivity (Wildman–Crippen MR) is 134 cm³/mol. The third-order valence-electron chi connectivity index (χ3n) is 7.86. The van der Waals surface area contributed by atoms with Crippen molar-refractivity contribution < 1.29 is 61.7 Å². The van der Waals surface area contributed by atoms with Crippen LogP contribution in [0, 0.1) is 0 Å². The van der Waals surface area contributed by atoms with Gasteiger partial charge in [0.05, 0.1) is 0 Å². The van der Waals surface area contributed by atoms with Gasteiger partial charge in [0.25, 0.3) is 0 Å². The van der Waals surface area contributed by atoms with Crippen molar-refractivity contribution in [1.29, 1.82) is 0 Å². The molecule has 5 rings (SSSR count). The molecule has 0 saturated carbocycles. The number of hydrogen-bond acceptors (Lipinski definition) is 2. The van der Waals surface area contributed by atoms with Crippen molar-refractivity contribution in [2.24, 2.45) is 0 Å². The first-order valence-electron chi connectivity index (χ1n) is 12.4. The number of alkyl halides is 12. The second-order valence-electron chi connectivity index (χ2n) is 11.3. The molecule has 0 atom stereocenters. The molecule has 3 aromatic rings. The van der Waals surface area contributed by atoms with Crippen LogP contribution in [0.1, 0.15) is 37.5 Å². The Morgan fingerprint density at radius 3 is 1.12 bits per heavy atom. The molecule has 0 radical (unpaired) electrons. The number of halogens is 12. The zero-order valence-electron chi connectivity index (χ0n) is 22.2. The van der Waals surface area contributed by atoms with Gasteiger partial charge in [-0.05, 0) is 0 Å². The molecule has 2 aliphatic heterocycles. The van der Waals surface area contributed by atoms with Gasteiger partial charge in [0.15, 0.2) is 0 Å². The summed E-state index contributed by atoms with van der Waals surface area (Å²) in [4.78, 5) is 0. The Balaban J connectivity index is 2.09. The molecule has 2 aliphatic rings. The summed E-state index contributed by atoms with van der Waals surface area (Å²) in [5.74, 6) is 0. The molecule has 15 heteroatoms. The molecule has 0 bridgehead atoms. The van der Waals surface area contributed by atoms with Gasteiger partial charge < -0.3 is 0 Å². The minimum atomic E-state index is -6.95. The molecular formula is C28H21F12O2P. The van der Waals surface area contributed by atoms with Gasteiger partial charge in [0.2, 0.25) is 0 Å². The third-order valence-corrected chi connectivity index (χ3v) is 12.9. The van der Waals surface area contributed by atoms with Crippen LogP contribution in [0.15, 0.2) is 72.8 Å². The summed E-state index contributed by atoms with van der Waals surface area (Å²) in [6, 6.07) is 9.28. The number of fused-ring (bicyclic) bond motifs is 4. The van der Waals surface area contributed by atoms with Gasteiger partial charge in [-0.1, -0.05) is 0 Å². The van der Waals surface area contributed by atoms with Gasteiger partial charge in [-0.3, -0.25) is 0 Å². The fourth-order valence-corrected chi connectivity index (χ4v) is 11.8. The van der Waals surface area contributed by atoms with E-state index in [0.29, 0.717) is 29.8 Å². The summed E-state index contributed by atoms with van der Waals surface area (Å²) in [5, 5.41) is -3.27. The SMILES string of the molecule is CC(C)(C)c1ccc(P23(OC(C(F)(F)F)(C(F)(F)F)c4ccccc42)OC(C(F)(F)F)(C(F)(F)F)c2ccccc23)cc1. The molecule has 0 saturated heterocycles. The van der Waals surface area contributed by atoms with Crippen LogP contribution in [0.25, 0.3) is 0 Å². The van der Waals surface area contributed by atoms with Crippen molar-refractivity contribution >= 4 is 23.0 Å². The fraction of sp³-hybridized carbons (Fsp3) is 0.357. The Kier molecular flexibility index (Phi) is 6.36. The van der Waals surface area contributed by atoms with E-state index >= 15 is 0 Å². The average Bonchev–Trinajstić information content (AvgIpc) is 3.33. The molecule has 0 fully saturated rings. The molecule has 0 N–H and O–H groups in total. The maximum atomic E-state index is 14.8. The van der Waals surface area contributed by atoms with E-state index in [9.17, 15) is 52.7 Å². The first kappa shape index (κ1) is 31.6. The number of benzene rings is 3. The Hall–Kier alpha value is -2.83. The van der Waals surface area contributed by atoms with Crippen LogP contribution >= 0.6 is 7.06 Å². The summed E-state index contributed by atoms with van der Waals surface area (Å²) in [7, 11) is -6.95. The van der Waals surface area contributed by atoms with Crippen LogP contribution in [-0.2, 0) is 25.7 Å². The van der Waals surface area contributed by atoms with Crippen LogP contribution in [-0.4, -0.2) is 24.7 Å². The van der Waals surface area contributed by atoms with E-state index in [1.165, 1.54) is 12.1 Å². The van der Waals surface area contributed by atoms with E-state index in [1.807, 2.05) is 0 Å². The van der Waals surface area contributed by atoms with Crippen LogP contribution in [0.2, 0.25) is 0 Å². The van der Waals surface area contributed by atoms with Gasteiger partial charge in [-0.15, -0.1) is 0 Å². The summed E-state index contributed by atoms with van der Waals surface area (Å²) < 4.78 is 188. The van der Waals surface area contributed by atoms with E-state index in [1.54, 1.807) is 20.8 Å². The van der Waals surface area contributed by atoms with E-state index in [2.05, 4.69) is 0 Å². The van der Waals surface area contributed by atoms with Crippen molar-refractivity contribution in [3.8, 4) is 0 Å². The number of hydrogen-bond donors (Lipinski definition) is 0. The molecule has 1 spiro atoms. The van der Waals surface area contributed by atoms with E-state index in [4.69, 9.17) is 9.05 Å². The normalized spacial score (nSPS) is 21.6. The Morgan fingerprint density at radius 2 is 0.814 bits per heavy atom. The summed E-state index contributed by atoms with van der Waals surface area (Å²) >= 11 is 0. The Morgan fingerprint density at radius 1 is 0.488 bits per heavy atom. The Bertz CT molecular complexity index is 1460. The van der Waals surface area contributed by atoms with Crippen molar-refractivity contribution in [2.75, 3.05) is 0 Å². The fourth-order valence-electron chi connectivity index (χ4n) is 5.97. The van der Waals surface area contributed by atoms with Gasteiger partial charge in [0, 0.05) is 0 Å². The standard InChI is InChI=1S/C28H21F12O2P/c1-22(2,3)16-12-14-17(15-13-16)43(20-10-6-4-8-18(20)23(41-43,25(29,30)31)26(32,33)34)21-11-7-5-9-19(21)24(42-43,27(35,36)37)28(38,39)40/h4-15H,1-3H3. The van der Waals surface area contributed by atoms with Crippen molar-refractivity contribution in [1.82, 2.24) is 0 Å². The molecule has 0 aromatic heterocycles. The van der Waals surface area contributed by atoms with Crippen LogP contribution < -0.4 is 15.9 Å². The third kappa shape index (κ3) is 3.69. The van der Waals surface area contributed by atoms with Crippen LogP contribution in [0.4, 0.5) is 52.7 Å². The van der Waals surface area contributed by atoms with Crippen molar-refractivity contribution in [3.05, 3.63) is 89.5 Å². The van der Waals surface area contributed by atoms with Crippen LogP contribution in [0.3, 0.4) is 0 Å². The summed E-state index contributed by atoms with van der Waals surface area (Å²) in [6.45, 7) is 5.06. The van der Waals surface area contributed by atoms with Gasteiger partial charge in [-0.25, -0.2) is 0 Å². The van der Waals surface area contributed by atoms with Gasteiger partial charge in [-0.2, -0.15) is 0 Å². The zero-order valence-corrected chi connectivity index (χ0v) is 23.1. The summed E-state index contributed by atoms with van der Waals surface area (Å²) in [5.41, 5.74) is -14.4. The van der Waals surface area contributed by atoms with Crippen molar-refractivity contribution in [3.63, 3.8) is 0 Å². The topological polar surface area (TPSA) is 18.5 Å².